The molecule has 0 spiro atoms. The van der Waals surface area contributed by atoms with E-state index >= 15 is 0 Å². The molecule has 0 bridgehead atoms. The summed E-state index contributed by atoms with van der Waals surface area (Å²) in [4.78, 5) is 23.5. The van der Waals surface area contributed by atoms with Gasteiger partial charge in [-0.05, 0) is 25.7 Å². The van der Waals surface area contributed by atoms with Crippen LogP contribution < -0.4 is 0 Å². The predicted octanol–water partition coefficient (Wildman–Crippen LogP) is 4.56. The third kappa shape index (κ3) is 7.62. The largest absolute Gasteiger partial charge is 0.299 e. The Morgan fingerprint density at radius 3 is 1.39 bits per heavy atom. The SMILES string of the molecule is CCCC(C)C(=O)CCCCC(=O)C(C)CCC. The van der Waals surface area contributed by atoms with Crippen LogP contribution >= 0.6 is 0 Å². The Morgan fingerprint density at radius 2 is 1.11 bits per heavy atom. The van der Waals surface area contributed by atoms with Crippen LogP contribution in [-0.4, -0.2) is 11.6 Å². The van der Waals surface area contributed by atoms with E-state index in [1.165, 1.54) is 0 Å². The summed E-state index contributed by atoms with van der Waals surface area (Å²) >= 11 is 0. The van der Waals surface area contributed by atoms with Crippen molar-refractivity contribution in [1.82, 2.24) is 0 Å². The van der Waals surface area contributed by atoms with Crippen molar-refractivity contribution in [3.05, 3.63) is 0 Å². The zero-order chi connectivity index (χ0) is 14.0. The summed E-state index contributed by atoms with van der Waals surface area (Å²) in [5.41, 5.74) is 0. The van der Waals surface area contributed by atoms with Gasteiger partial charge in [-0.15, -0.1) is 0 Å². The van der Waals surface area contributed by atoms with Crippen LogP contribution in [0.5, 0.6) is 0 Å². The molecule has 0 aromatic carbocycles. The summed E-state index contributed by atoms with van der Waals surface area (Å²) in [6, 6.07) is 0. The lowest BCUT2D eigenvalue weighted by Gasteiger charge is -2.10. The summed E-state index contributed by atoms with van der Waals surface area (Å²) in [7, 11) is 0. The molecule has 2 heteroatoms. The number of Topliss-reactive ketones (excluding diaryl/α,β-unsaturated/α-hetero) is 2. The summed E-state index contributed by atoms with van der Waals surface area (Å²) in [5.74, 6) is 1.13. The molecule has 0 rings (SSSR count). The Hall–Kier alpha value is -0.660. The van der Waals surface area contributed by atoms with Crippen molar-refractivity contribution in [2.45, 2.75) is 79.1 Å². The minimum absolute atomic E-state index is 0.199. The van der Waals surface area contributed by atoms with Crippen molar-refractivity contribution in [3.63, 3.8) is 0 Å². The van der Waals surface area contributed by atoms with Gasteiger partial charge in [-0.1, -0.05) is 40.5 Å². The molecule has 0 N–H and O–H groups in total. The lowest BCUT2D eigenvalue weighted by Crippen LogP contribution is -2.12. The van der Waals surface area contributed by atoms with Crippen molar-refractivity contribution in [2.24, 2.45) is 11.8 Å². The molecular formula is C16H30O2. The molecule has 0 saturated carbocycles. The zero-order valence-electron chi connectivity index (χ0n) is 12.6. The fourth-order valence-electron chi connectivity index (χ4n) is 2.28. The molecule has 0 radical (unpaired) electrons. The van der Waals surface area contributed by atoms with Crippen LogP contribution in [0.1, 0.15) is 79.1 Å². The van der Waals surface area contributed by atoms with Crippen molar-refractivity contribution in [1.29, 1.82) is 0 Å². The van der Waals surface area contributed by atoms with Crippen LogP contribution in [0.2, 0.25) is 0 Å². The molecule has 106 valence electrons. The van der Waals surface area contributed by atoms with Gasteiger partial charge >= 0.3 is 0 Å². The highest BCUT2D eigenvalue weighted by molar-refractivity contribution is 5.81. The number of ketones is 2. The van der Waals surface area contributed by atoms with Gasteiger partial charge in [0.15, 0.2) is 0 Å². The molecule has 0 saturated heterocycles. The van der Waals surface area contributed by atoms with Gasteiger partial charge in [0.2, 0.25) is 0 Å². The molecule has 0 aromatic rings. The lowest BCUT2D eigenvalue weighted by atomic mass is 9.94. The van der Waals surface area contributed by atoms with E-state index in [0.29, 0.717) is 24.4 Å². The maximum atomic E-state index is 11.7. The summed E-state index contributed by atoms with van der Waals surface area (Å²) in [5, 5.41) is 0. The van der Waals surface area contributed by atoms with E-state index in [1.807, 2.05) is 13.8 Å². The van der Waals surface area contributed by atoms with Crippen molar-refractivity contribution in [2.75, 3.05) is 0 Å². The van der Waals surface area contributed by atoms with Gasteiger partial charge in [-0.3, -0.25) is 9.59 Å². The molecule has 0 heterocycles. The van der Waals surface area contributed by atoms with Crippen molar-refractivity contribution in [3.8, 4) is 0 Å². The van der Waals surface area contributed by atoms with Gasteiger partial charge in [-0.2, -0.15) is 0 Å². The quantitative estimate of drug-likeness (QED) is 0.507. The van der Waals surface area contributed by atoms with E-state index in [-0.39, 0.29) is 11.8 Å². The first-order valence-corrected chi connectivity index (χ1v) is 7.58. The van der Waals surface area contributed by atoms with Crippen molar-refractivity contribution >= 4 is 11.6 Å². The van der Waals surface area contributed by atoms with Crippen LogP contribution in [-0.2, 0) is 9.59 Å². The lowest BCUT2D eigenvalue weighted by molar-refractivity contribution is -0.124. The summed E-state index contributed by atoms with van der Waals surface area (Å²) in [6.07, 6.45) is 7.17. The summed E-state index contributed by atoms with van der Waals surface area (Å²) < 4.78 is 0. The fraction of sp³-hybridized carbons (Fsp3) is 0.875. The average Bonchev–Trinajstić information content (AvgIpc) is 2.34. The van der Waals surface area contributed by atoms with Crippen molar-refractivity contribution < 1.29 is 9.59 Å². The minimum atomic E-state index is 0.199. The Bertz CT molecular complexity index is 219. The molecule has 2 nitrogen and oxygen atoms in total. The maximum Gasteiger partial charge on any atom is 0.135 e. The zero-order valence-corrected chi connectivity index (χ0v) is 12.6. The predicted molar refractivity (Wildman–Crippen MR) is 76.6 cm³/mol. The van der Waals surface area contributed by atoms with Gasteiger partial charge in [0.25, 0.3) is 0 Å². The third-order valence-electron chi connectivity index (χ3n) is 3.64. The van der Waals surface area contributed by atoms with E-state index in [9.17, 15) is 9.59 Å². The van der Waals surface area contributed by atoms with Gasteiger partial charge in [-0.25, -0.2) is 0 Å². The Morgan fingerprint density at radius 1 is 0.778 bits per heavy atom. The van der Waals surface area contributed by atoms with Crippen LogP contribution in [0.15, 0.2) is 0 Å². The number of rotatable bonds is 11. The molecule has 0 fully saturated rings. The first kappa shape index (κ1) is 17.3. The molecule has 0 amide bonds. The Kier molecular flexibility index (Phi) is 9.90. The second-order valence-electron chi connectivity index (χ2n) is 5.52. The monoisotopic (exact) mass is 254 g/mol. The number of hydrogen-bond acceptors (Lipinski definition) is 2. The maximum absolute atomic E-state index is 11.7. The molecule has 0 aromatic heterocycles. The smallest absolute Gasteiger partial charge is 0.135 e. The number of carbonyl (C=O) groups is 2. The van der Waals surface area contributed by atoms with Gasteiger partial charge in [0.1, 0.15) is 11.6 Å². The van der Waals surface area contributed by atoms with E-state index in [2.05, 4.69) is 13.8 Å². The molecule has 2 atom stereocenters. The fourth-order valence-corrected chi connectivity index (χ4v) is 2.28. The van der Waals surface area contributed by atoms with Crippen LogP contribution in [0.4, 0.5) is 0 Å². The highest BCUT2D eigenvalue weighted by atomic mass is 16.1. The number of unbranched alkanes of at least 4 members (excludes halogenated alkanes) is 1. The molecule has 0 aliphatic rings. The highest BCUT2D eigenvalue weighted by Gasteiger charge is 2.13. The van der Waals surface area contributed by atoms with Gasteiger partial charge in [0, 0.05) is 24.7 Å². The minimum Gasteiger partial charge on any atom is -0.299 e. The first-order valence-electron chi connectivity index (χ1n) is 7.58. The Labute approximate surface area is 113 Å². The molecule has 18 heavy (non-hydrogen) atoms. The van der Waals surface area contributed by atoms with Crippen LogP contribution in [0.25, 0.3) is 0 Å². The normalized spacial score (nSPS) is 14.2. The molecular weight excluding hydrogens is 224 g/mol. The third-order valence-corrected chi connectivity index (χ3v) is 3.64. The second kappa shape index (κ2) is 10.3. The Balaban J connectivity index is 3.67. The van der Waals surface area contributed by atoms with Gasteiger partial charge < -0.3 is 0 Å². The molecule has 0 aliphatic carbocycles. The molecule has 0 aliphatic heterocycles. The van der Waals surface area contributed by atoms with E-state index in [0.717, 1.165) is 38.5 Å². The average molecular weight is 254 g/mol. The summed E-state index contributed by atoms with van der Waals surface area (Å²) in [6.45, 7) is 8.25. The van der Waals surface area contributed by atoms with E-state index in [1.54, 1.807) is 0 Å². The molecule has 2 unspecified atom stereocenters. The number of hydrogen-bond donors (Lipinski definition) is 0. The first-order chi connectivity index (χ1) is 8.52. The van der Waals surface area contributed by atoms with Gasteiger partial charge in [0.05, 0.1) is 0 Å². The van der Waals surface area contributed by atoms with E-state index in [4.69, 9.17) is 0 Å². The van der Waals surface area contributed by atoms with Crippen LogP contribution in [0.3, 0.4) is 0 Å². The second-order valence-corrected chi connectivity index (χ2v) is 5.52. The highest BCUT2D eigenvalue weighted by Crippen LogP contribution is 2.14. The standard InChI is InChI=1S/C16H30O2/c1-5-9-13(3)15(17)11-7-8-12-16(18)14(4)10-6-2/h13-14H,5-12H2,1-4H3. The van der Waals surface area contributed by atoms with Crippen LogP contribution in [0, 0.1) is 11.8 Å². The number of carbonyl (C=O) groups excluding carboxylic acids is 2. The van der Waals surface area contributed by atoms with E-state index < -0.39 is 0 Å². The topological polar surface area (TPSA) is 34.1 Å².